The Labute approximate surface area is 142 Å². The van der Waals surface area contributed by atoms with Crippen molar-refractivity contribution in [1.82, 2.24) is 9.55 Å². The van der Waals surface area contributed by atoms with E-state index in [1.165, 1.54) is 76.4 Å². The van der Waals surface area contributed by atoms with Crippen LogP contribution in [0.3, 0.4) is 0 Å². The molecule has 0 N–H and O–H groups in total. The fourth-order valence-electron chi connectivity index (χ4n) is 2.95. The lowest BCUT2D eigenvalue weighted by Crippen LogP contribution is -2.12. The Hall–Kier alpha value is -0.440. The molecule has 1 aromatic rings. The molecule has 0 saturated heterocycles. The lowest BCUT2D eigenvalue weighted by molar-refractivity contribution is 0.534. The molecule has 3 heteroatoms. The topological polar surface area (TPSA) is 17.8 Å². The van der Waals surface area contributed by atoms with Gasteiger partial charge in [0, 0.05) is 24.2 Å². The average Bonchev–Trinajstić information content (AvgIpc) is 3.02. The summed E-state index contributed by atoms with van der Waals surface area (Å²) in [6.45, 7) is 5.68. The highest BCUT2D eigenvalue weighted by molar-refractivity contribution is 7.99. The van der Waals surface area contributed by atoms with Crippen LogP contribution in [0, 0.1) is 0 Å². The minimum absolute atomic E-state index is 0.758. The lowest BCUT2D eigenvalue weighted by atomic mass is 10.1. The van der Waals surface area contributed by atoms with Gasteiger partial charge in [0.25, 0.3) is 0 Å². The van der Waals surface area contributed by atoms with E-state index in [2.05, 4.69) is 41.4 Å². The zero-order chi connectivity index (χ0) is 15.9. The minimum Gasteiger partial charge on any atom is -0.336 e. The highest BCUT2D eigenvalue weighted by Crippen LogP contribution is 2.20. The molecule has 0 bridgehead atoms. The van der Waals surface area contributed by atoms with Crippen LogP contribution in [0.15, 0.2) is 18.7 Å². The number of hydrogen-bond donors (Lipinski definition) is 0. The van der Waals surface area contributed by atoms with Crippen molar-refractivity contribution < 1.29 is 0 Å². The fraction of sp³-hybridized carbons (Fsp3) is 0.842. The molecule has 128 valence electrons. The maximum Gasteiger partial charge on any atom is 0.0946 e. The van der Waals surface area contributed by atoms with Gasteiger partial charge in [0.2, 0.25) is 0 Å². The molecule has 0 aliphatic rings. The van der Waals surface area contributed by atoms with E-state index in [1.807, 2.05) is 12.5 Å². The second-order valence-electron chi connectivity index (χ2n) is 6.31. The SMILES string of the molecule is CCCCCCCCCCCCC(Cn1ccnc1)SCC. The van der Waals surface area contributed by atoms with Crippen molar-refractivity contribution in [3.63, 3.8) is 0 Å². The van der Waals surface area contributed by atoms with Gasteiger partial charge in [-0.2, -0.15) is 11.8 Å². The van der Waals surface area contributed by atoms with Crippen LogP contribution >= 0.6 is 11.8 Å². The van der Waals surface area contributed by atoms with Crippen molar-refractivity contribution in [2.45, 2.75) is 96.3 Å². The van der Waals surface area contributed by atoms with E-state index in [-0.39, 0.29) is 0 Å². The van der Waals surface area contributed by atoms with E-state index < -0.39 is 0 Å². The third kappa shape index (κ3) is 10.3. The summed E-state index contributed by atoms with van der Waals surface area (Å²) in [4.78, 5) is 4.15. The molecule has 0 aromatic carbocycles. The number of aromatic nitrogens is 2. The Kier molecular flexibility index (Phi) is 12.6. The molecule has 1 rings (SSSR count). The maximum atomic E-state index is 4.15. The number of rotatable bonds is 15. The van der Waals surface area contributed by atoms with Gasteiger partial charge in [0.15, 0.2) is 0 Å². The summed E-state index contributed by atoms with van der Waals surface area (Å²) >= 11 is 2.11. The van der Waals surface area contributed by atoms with E-state index in [0.29, 0.717) is 0 Å². The molecule has 1 atom stereocenters. The van der Waals surface area contributed by atoms with Gasteiger partial charge < -0.3 is 4.57 Å². The second kappa shape index (κ2) is 14.2. The first-order valence-electron chi connectivity index (χ1n) is 9.44. The van der Waals surface area contributed by atoms with E-state index in [0.717, 1.165) is 11.8 Å². The van der Waals surface area contributed by atoms with E-state index >= 15 is 0 Å². The molecular formula is C19H36N2S. The monoisotopic (exact) mass is 324 g/mol. The number of unbranched alkanes of at least 4 members (excludes halogenated alkanes) is 9. The Bertz CT molecular complexity index is 324. The molecule has 1 heterocycles. The number of nitrogens with zero attached hydrogens (tertiary/aromatic N) is 2. The molecule has 0 spiro atoms. The molecule has 0 aliphatic heterocycles. The van der Waals surface area contributed by atoms with Gasteiger partial charge in [-0.05, 0) is 12.2 Å². The second-order valence-corrected chi connectivity index (χ2v) is 7.88. The normalized spacial score (nSPS) is 12.6. The van der Waals surface area contributed by atoms with Gasteiger partial charge in [0.1, 0.15) is 0 Å². The molecule has 1 unspecified atom stereocenters. The van der Waals surface area contributed by atoms with Gasteiger partial charge >= 0.3 is 0 Å². The maximum absolute atomic E-state index is 4.15. The molecule has 0 amide bonds. The third-order valence-corrected chi connectivity index (χ3v) is 5.45. The predicted molar refractivity (Wildman–Crippen MR) is 101 cm³/mol. The molecular weight excluding hydrogens is 288 g/mol. The van der Waals surface area contributed by atoms with Crippen LogP contribution in [0.1, 0.15) is 84.5 Å². The third-order valence-electron chi connectivity index (χ3n) is 4.26. The summed E-state index contributed by atoms with van der Waals surface area (Å²) in [7, 11) is 0. The first kappa shape index (κ1) is 19.6. The molecule has 22 heavy (non-hydrogen) atoms. The Morgan fingerprint density at radius 2 is 1.55 bits per heavy atom. The number of thioether (sulfide) groups is 1. The predicted octanol–water partition coefficient (Wildman–Crippen LogP) is 6.32. The van der Waals surface area contributed by atoms with Gasteiger partial charge in [0.05, 0.1) is 6.33 Å². The standard InChI is InChI=1S/C19H36N2S/c1-3-5-6-7-8-9-10-11-12-13-14-19(22-4-2)17-21-16-15-20-18-21/h15-16,18-19H,3-14,17H2,1-2H3. The summed E-state index contributed by atoms with van der Waals surface area (Å²) in [5.74, 6) is 1.22. The minimum atomic E-state index is 0.758. The van der Waals surface area contributed by atoms with Crippen LogP contribution < -0.4 is 0 Å². The van der Waals surface area contributed by atoms with Gasteiger partial charge in [-0.15, -0.1) is 0 Å². The number of hydrogen-bond acceptors (Lipinski definition) is 2. The summed E-state index contributed by atoms with van der Waals surface area (Å²) < 4.78 is 2.23. The summed E-state index contributed by atoms with van der Waals surface area (Å²) in [6.07, 6.45) is 21.5. The van der Waals surface area contributed by atoms with E-state index in [9.17, 15) is 0 Å². The van der Waals surface area contributed by atoms with Crippen molar-refractivity contribution in [3.8, 4) is 0 Å². The zero-order valence-electron chi connectivity index (χ0n) is 14.8. The molecule has 0 aliphatic carbocycles. The largest absolute Gasteiger partial charge is 0.336 e. The van der Waals surface area contributed by atoms with Crippen molar-refractivity contribution in [3.05, 3.63) is 18.7 Å². The quantitative estimate of drug-likeness (QED) is 0.351. The molecule has 0 saturated carbocycles. The van der Waals surface area contributed by atoms with Crippen LogP contribution in [-0.4, -0.2) is 20.6 Å². The molecule has 1 aromatic heterocycles. The van der Waals surface area contributed by atoms with Crippen LogP contribution in [0.4, 0.5) is 0 Å². The summed E-state index contributed by atoms with van der Waals surface area (Å²) in [6, 6.07) is 0. The van der Waals surface area contributed by atoms with E-state index in [1.54, 1.807) is 0 Å². The first-order chi connectivity index (χ1) is 10.9. The van der Waals surface area contributed by atoms with Crippen LogP contribution in [0.25, 0.3) is 0 Å². The van der Waals surface area contributed by atoms with Crippen LogP contribution in [-0.2, 0) is 6.54 Å². The van der Waals surface area contributed by atoms with Crippen molar-refractivity contribution in [2.24, 2.45) is 0 Å². The Morgan fingerprint density at radius 1 is 0.909 bits per heavy atom. The average molecular weight is 325 g/mol. The first-order valence-corrected chi connectivity index (χ1v) is 10.5. The molecule has 0 fully saturated rings. The van der Waals surface area contributed by atoms with Crippen LogP contribution in [0.2, 0.25) is 0 Å². The zero-order valence-corrected chi connectivity index (χ0v) is 15.6. The molecule has 0 radical (unpaired) electrons. The van der Waals surface area contributed by atoms with Crippen LogP contribution in [0.5, 0.6) is 0 Å². The van der Waals surface area contributed by atoms with Crippen molar-refractivity contribution in [2.75, 3.05) is 5.75 Å². The highest BCUT2D eigenvalue weighted by atomic mass is 32.2. The van der Waals surface area contributed by atoms with Crippen molar-refractivity contribution >= 4 is 11.8 Å². The highest BCUT2D eigenvalue weighted by Gasteiger charge is 2.08. The van der Waals surface area contributed by atoms with E-state index in [4.69, 9.17) is 0 Å². The summed E-state index contributed by atoms with van der Waals surface area (Å²) in [5.41, 5.74) is 0. The molecule has 2 nitrogen and oxygen atoms in total. The fourth-order valence-corrected chi connectivity index (χ4v) is 4.03. The number of imidazole rings is 1. The Morgan fingerprint density at radius 3 is 2.09 bits per heavy atom. The summed E-state index contributed by atoms with van der Waals surface area (Å²) in [5, 5.41) is 0.758. The van der Waals surface area contributed by atoms with Gasteiger partial charge in [-0.3, -0.25) is 0 Å². The lowest BCUT2D eigenvalue weighted by Gasteiger charge is -2.16. The van der Waals surface area contributed by atoms with Gasteiger partial charge in [-0.1, -0.05) is 78.1 Å². The van der Waals surface area contributed by atoms with Gasteiger partial charge in [-0.25, -0.2) is 4.98 Å². The smallest absolute Gasteiger partial charge is 0.0946 e. The Balaban J connectivity index is 1.96. The van der Waals surface area contributed by atoms with Crippen molar-refractivity contribution in [1.29, 1.82) is 0 Å².